The van der Waals surface area contributed by atoms with Crippen molar-refractivity contribution in [1.82, 2.24) is 5.32 Å². The van der Waals surface area contributed by atoms with E-state index in [0.29, 0.717) is 6.54 Å². The number of hydrogen-bond donors (Lipinski definition) is 1. The van der Waals surface area contributed by atoms with Crippen LogP contribution in [0.5, 0.6) is 0 Å². The van der Waals surface area contributed by atoms with E-state index in [9.17, 15) is 4.39 Å². The molecule has 1 heterocycles. The zero-order valence-electron chi connectivity index (χ0n) is 9.65. The molecule has 82 valence electrons. The molecular formula is C13H18FN. The van der Waals surface area contributed by atoms with E-state index in [0.717, 1.165) is 24.1 Å². The van der Waals surface area contributed by atoms with Gasteiger partial charge in [0.2, 0.25) is 0 Å². The largest absolute Gasteiger partial charge is 0.312 e. The molecule has 0 aliphatic carbocycles. The van der Waals surface area contributed by atoms with Crippen LogP contribution in [0.4, 0.5) is 4.39 Å². The van der Waals surface area contributed by atoms with E-state index in [1.165, 1.54) is 5.56 Å². The number of fused-ring (bicyclic) bond motifs is 1. The quantitative estimate of drug-likeness (QED) is 0.689. The van der Waals surface area contributed by atoms with Gasteiger partial charge in [0, 0.05) is 12.1 Å². The maximum Gasteiger partial charge on any atom is 0.128 e. The van der Waals surface area contributed by atoms with Crippen LogP contribution in [0.2, 0.25) is 0 Å². The van der Waals surface area contributed by atoms with Crippen molar-refractivity contribution in [3.63, 3.8) is 0 Å². The van der Waals surface area contributed by atoms with Crippen LogP contribution in [0.3, 0.4) is 0 Å². The monoisotopic (exact) mass is 207 g/mol. The molecule has 1 aromatic rings. The van der Waals surface area contributed by atoms with Gasteiger partial charge in [-0.25, -0.2) is 4.39 Å². The average molecular weight is 207 g/mol. The predicted octanol–water partition coefficient (Wildman–Crippen LogP) is 2.77. The van der Waals surface area contributed by atoms with Crippen LogP contribution >= 0.6 is 0 Å². The maximum absolute atomic E-state index is 13.8. The van der Waals surface area contributed by atoms with Gasteiger partial charge in [-0.05, 0) is 35.6 Å². The fourth-order valence-corrected chi connectivity index (χ4v) is 1.98. The van der Waals surface area contributed by atoms with Crippen molar-refractivity contribution in [3.8, 4) is 0 Å². The summed E-state index contributed by atoms with van der Waals surface area (Å²) >= 11 is 0. The molecule has 0 amide bonds. The molecule has 1 aromatic carbocycles. The Morgan fingerprint density at radius 3 is 2.67 bits per heavy atom. The molecular weight excluding hydrogens is 189 g/mol. The molecule has 0 bridgehead atoms. The summed E-state index contributed by atoms with van der Waals surface area (Å²) in [5.74, 6) is -0.0513. The van der Waals surface area contributed by atoms with Crippen LogP contribution in [0.1, 0.15) is 37.5 Å². The van der Waals surface area contributed by atoms with Crippen molar-refractivity contribution in [2.75, 3.05) is 6.54 Å². The molecule has 2 rings (SSSR count). The van der Waals surface area contributed by atoms with Crippen LogP contribution < -0.4 is 5.32 Å². The molecule has 2 heteroatoms. The van der Waals surface area contributed by atoms with Gasteiger partial charge in [0.15, 0.2) is 0 Å². The summed E-state index contributed by atoms with van der Waals surface area (Å²) in [6, 6.07) is 3.85. The lowest BCUT2D eigenvalue weighted by Gasteiger charge is -2.24. The van der Waals surface area contributed by atoms with E-state index >= 15 is 0 Å². The minimum absolute atomic E-state index is 0.0285. The number of nitrogens with one attached hydrogen (secondary N) is 1. The fraction of sp³-hybridized carbons (Fsp3) is 0.538. The summed E-state index contributed by atoms with van der Waals surface area (Å²) in [7, 11) is 0. The lowest BCUT2D eigenvalue weighted by atomic mass is 9.84. The van der Waals surface area contributed by atoms with E-state index in [-0.39, 0.29) is 11.2 Å². The molecule has 15 heavy (non-hydrogen) atoms. The Kier molecular flexibility index (Phi) is 2.55. The molecule has 0 radical (unpaired) electrons. The van der Waals surface area contributed by atoms with E-state index in [4.69, 9.17) is 0 Å². The van der Waals surface area contributed by atoms with Crippen molar-refractivity contribution >= 4 is 0 Å². The molecule has 0 spiro atoms. The van der Waals surface area contributed by atoms with Crippen molar-refractivity contribution in [2.24, 2.45) is 0 Å². The Morgan fingerprint density at radius 2 is 2.00 bits per heavy atom. The van der Waals surface area contributed by atoms with Gasteiger partial charge in [-0.1, -0.05) is 26.8 Å². The number of benzene rings is 1. The second kappa shape index (κ2) is 3.60. The van der Waals surface area contributed by atoms with Crippen molar-refractivity contribution < 1.29 is 4.39 Å². The number of hydrogen-bond acceptors (Lipinski definition) is 1. The topological polar surface area (TPSA) is 12.0 Å². The molecule has 1 N–H and O–H groups in total. The van der Waals surface area contributed by atoms with Gasteiger partial charge >= 0.3 is 0 Å². The first-order valence-corrected chi connectivity index (χ1v) is 5.51. The molecule has 0 saturated heterocycles. The van der Waals surface area contributed by atoms with E-state index in [1.54, 1.807) is 6.07 Å². The highest BCUT2D eigenvalue weighted by molar-refractivity contribution is 5.37. The molecule has 0 fully saturated rings. The highest BCUT2D eigenvalue weighted by Gasteiger charge is 2.20. The molecule has 1 nitrogen and oxygen atoms in total. The van der Waals surface area contributed by atoms with Crippen molar-refractivity contribution in [1.29, 1.82) is 0 Å². The first kappa shape index (κ1) is 10.6. The molecule has 0 aromatic heterocycles. The van der Waals surface area contributed by atoms with Crippen molar-refractivity contribution in [2.45, 2.75) is 39.2 Å². The summed E-state index contributed by atoms with van der Waals surface area (Å²) in [6.45, 7) is 7.99. The zero-order chi connectivity index (χ0) is 11.1. The molecule has 0 saturated carbocycles. The number of halogens is 1. The smallest absolute Gasteiger partial charge is 0.128 e. The Labute approximate surface area is 90.7 Å². The van der Waals surface area contributed by atoms with E-state index < -0.39 is 0 Å². The lowest BCUT2D eigenvalue weighted by molar-refractivity contribution is 0.540. The van der Waals surface area contributed by atoms with Gasteiger partial charge in [-0.3, -0.25) is 0 Å². The highest BCUT2D eigenvalue weighted by Crippen LogP contribution is 2.27. The van der Waals surface area contributed by atoms with Crippen LogP contribution in [0, 0.1) is 5.82 Å². The lowest BCUT2D eigenvalue weighted by Crippen LogP contribution is -2.25. The van der Waals surface area contributed by atoms with E-state index in [2.05, 4.69) is 32.2 Å². The second-order valence-corrected chi connectivity index (χ2v) is 5.27. The average Bonchev–Trinajstić information content (AvgIpc) is 2.16. The van der Waals surface area contributed by atoms with Crippen LogP contribution in [-0.4, -0.2) is 6.54 Å². The van der Waals surface area contributed by atoms with Gasteiger partial charge in [0.1, 0.15) is 5.82 Å². The summed E-state index contributed by atoms with van der Waals surface area (Å²) in [4.78, 5) is 0. The predicted molar refractivity (Wildman–Crippen MR) is 60.5 cm³/mol. The Bertz CT molecular complexity index is 377. The van der Waals surface area contributed by atoms with Crippen LogP contribution in [-0.2, 0) is 18.4 Å². The van der Waals surface area contributed by atoms with Crippen LogP contribution in [0.15, 0.2) is 12.1 Å². The highest BCUT2D eigenvalue weighted by atomic mass is 19.1. The van der Waals surface area contributed by atoms with Crippen LogP contribution in [0.25, 0.3) is 0 Å². The Hall–Kier alpha value is -0.890. The first-order chi connectivity index (χ1) is 6.98. The third-order valence-electron chi connectivity index (χ3n) is 3.03. The molecule has 0 unspecified atom stereocenters. The first-order valence-electron chi connectivity index (χ1n) is 5.51. The SMILES string of the molecule is CC(C)(C)c1cc(F)c2c(c1)CCNC2. The second-order valence-electron chi connectivity index (χ2n) is 5.27. The third kappa shape index (κ3) is 2.05. The van der Waals surface area contributed by atoms with Gasteiger partial charge in [0.25, 0.3) is 0 Å². The van der Waals surface area contributed by atoms with Gasteiger partial charge < -0.3 is 5.32 Å². The van der Waals surface area contributed by atoms with Gasteiger partial charge in [0.05, 0.1) is 0 Å². The summed E-state index contributed by atoms with van der Waals surface area (Å²) < 4.78 is 13.8. The molecule has 0 atom stereocenters. The summed E-state index contributed by atoms with van der Waals surface area (Å²) in [6.07, 6.45) is 0.941. The number of rotatable bonds is 0. The summed E-state index contributed by atoms with van der Waals surface area (Å²) in [5.41, 5.74) is 3.16. The standard InChI is InChI=1S/C13H18FN/c1-13(2,3)10-6-9-4-5-15-8-11(9)12(14)7-10/h6-7,15H,4-5,8H2,1-3H3. The van der Waals surface area contributed by atoms with Crippen molar-refractivity contribution in [3.05, 3.63) is 34.6 Å². The third-order valence-corrected chi connectivity index (χ3v) is 3.03. The molecule has 1 aliphatic heterocycles. The Morgan fingerprint density at radius 1 is 1.27 bits per heavy atom. The normalized spacial score (nSPS) is 16.3. The van der Waals surface area contributed by atoms with Gasteiger partial charge in [-0.15, -0.1) is 0 Å². The van der Waals surface area contributed by atoms with E-state index in [1.807, 2.05) is 0 Å². The fourth-order valence-electron chi connectivity index (χ4n) is 1.98. The van der Waals surface area contributed by atoms with Gasteiger partial charge in [-0.2, -0.15) is 0 Å². The zero-order valence-corrected chi connectivity index (χ0v) is 9.65. The Balaban J connectivity index is 2.50. The summed E-state index contributed by atoms with van der Waals surface area (Å²) in [5, 5.41) is 3.20. The minimum Gasteiger partial charge on any atom is -0.312 e. The molecule has 1 aliphatic rings. The maximum atomic E-state index is 13.8. The minimum atomic E-state index is -0.0513.